The first-order chi connectivity index (χ1) is 11.2. The highest BCUT2D eigenvalue weighted by atomic mass is 35.5. The van der Waals surface area contributed by atoms with Gasteiger partial charge in [-0.15, -0.1) is 15.3 Å². The van der Waals surface area contributed by atoms with E-state index in [4.69, 9.17) is 16.3 Å². The second-order valence-corrected chi connectivity index (χ2v) is 5.45. The fraction of sp³-hybridized carbons (Fsp3) is 0.0625. The van der Waals surface area contributed by atoms with Gasteiger partial charge >= 0.3 is 0 Å². The third-order valence-electron chi connectivity index (χ3n) is 3.73. The molecule has 0 saturated carbocycles. The Morgan fingerprint density at radius 2 is 1.91 bits per heavy atom. The third-order valence-corrected chi connectivity index (χ3v) is 3.96. The Bertz CT molecular complexity index is 1050. The summed E-state index contributed by atoms with van der Waals surface area (Å²) in [6, 6.07) is 11.1. The molecular weight excluding hydrogens is 316 g/mol. The Kier molecular flexibility index (Phi) is 3.06. The monoisotopic (exact) mass is 326 g/mol. The molecule has 6 nitrogen and oxygen atoms in total. The van der Waals surface area contributed by atoms with Crippen molar-refractivity contribution in [2.45, 2.75) is 0 Å². The van der Waals surface area contributed by atoms with Gasteiger partial charge < -0.3 is 9.84 Å². The molecule has 0 radical (unpaired) electrons. The third kappa shape index (κ3) is 2.07. The van der Waals surface area contributed by atoms with Crippen molar-refractivity contribution in [1.29, 1.82) is 0 Å². The minimum atomic E-state index is -0.167. The van der Waals surface area contributed by atoms with Crippen molar-refractivity contribution in [3.8, 4) is 22.8 Å². The maximum atomic E-state index is 9.69. The Morgan fingerprint density at radius 3 is 2.74 bits per heavy atom. The molecule has 0 amide bonds. The standard InChI is InChI=1S/C16H11ClN4O2/c1-23-12-6-5-8(17)7-11(12)9-3-2-4-10-13(9)18-20-15-14(10)19-21-16(15)22/h2-7H,1H3,(H2,19,21,22). The van der Waals surface area contributed by atoms with Gasteiger partial charge in [-0.3, -0.25) is 5.10 Å². The number of aromatic nitrogens is 4. The molecule has 0 aliphatic carbocycles. The fourth-order valence-electron chi connectivity index (χ4n) is 2.67. The van der Waals surface area contributed by atoms with Gasteiger partial charge in [-0.25, -0.2) is 0 Å². The van der Waals surface area contributed by atoms with Crippen LogP contribution in [0.1, 0.15) is 0 Å². The molecule has 0 aliphatic heterocycles. The zero-order valence-corrected chi connectivity index (χ0v) is 12.8. The van der Waals surface area contributed by atoms with Gasteiger partial charge in [0.1, 0.15) is 11.3 Å². The van der Waals surface area contributed by atoms with Crippen LogP contribution in [0.5, 0.6) is 11.6 Å². The van der Waals surface area contributed by atoms with Crippen LogP contribution in [0.4, 0.5) is 0 Å². The first-order valence-electron chi connectivity index (χ1n) is 6.85. The zero-order chi connectivity index (χ0) is 16.0. The van der Waals surface area contributed by atoms with Crippen molar-refractivity contribution >= 4 is 33.5 Å². The van der Waals surface area contributed by atoms with Gasteiger partial charge in [0.05, 0.1) is 12.6 Å². The molecule has 0 fully saturated rings. The molecule has 2 aromatic carbocycles. The van der Waals surface area contributed by atoms with Gasteiger partial charge in [0, 0.05) is 21.5 Å². The van der Waals surface area contributed by atoms with Gasteiger partial charge in [-0.1, -0.05) is 29.8 Å². The first-order valence-corrected chi connectivity index (χ1v) is 7.23. The molecule has 0 saturated heterocycles. The number of aromatic hydroxyl groups is 1. The molecule has 4 rings (SSSR count). The first kappa shape index (κ1) is 13.8. The summed E-state index contributed by atoms with van der Waals surface area (Å²) in [5.41, 5.74) is 3.31. The van der Waals surface area contributed by atoms with Crippen molar-refractivity contribution in [2.24, 2.45) is 0 Å². The van der Waals surface area contributed by atoms with E-state index in [1.165, 1.54) is 0 Å². The number of hydrogen-bond donors (Lipinski definition) is 2. The van der Waals surface area contributed by atoms with Gasteiger partial charge in [-0.05, 0) is 18.2 Å². The van der Waals surface area contributed by atoms with E-state index in [1.807, 2.05) is 30.3 Å². The van der Waals surface area contributed by atoms with Crippen molar-refractivity contribution in [3.05, 3.63) is 41.4 Å². The summed E-state index contributed by atoms with van der Waals surface area (Å²) >= 11 is 6.13. The minimum absolute atomic E-state index is 0.167. The molecule has 23 heavy (non-hydrogen) atoms. The van der Waals surface area contributed by atoms with Crippen LogP contribution in [-0.2, 0) is 0 Å². The van der Waals surface area contributed by atoms with E-state index in [0.717, 1.165) is 16.5 Å². The lowest BCUT2D eigenvalue weighted by atomic mass is 10.0. The normalized spacial score (nSPS) is 11.2. The van der Waals surface area contributed by atoms with Crippen molar-refractivity contribution in [3.63, 3.8) is 0 Å². The van der Waals surface area contributed by atoms with Gasteiger partial charge in [0.2, 0.25) is 0 Å². The van der Waals surface area contributed by atoms with Crippen LogP contribution in [0.25, 0.3) is 33.1 Å². The molecule has 0 atom stereocenters. The summed E-state index contributed by atoms with van der Waals surface area (Å²) in [6.07, 6.45) is 0. The van der Waals surface area contributed by atoms with Crippen LogP contribution >= 0.6 is 11.6 Å². The molecule has 0 bridgehead atoms. The van der Waals surface area contributed by atoms with Crippen LogP contribution in [0.15, 0.2) is 36.4 Å². The van der Waals surface area contributed by atoms with Crippen LogP contribution in [0.2, 0.25) is 5.02 Å². The molecule has 2 aromatic heterocycles. The fourth-order valence-corrected chi connectivity index (χ4v) is 2.84. The molecule has 0 aliphatic rings. The van der Waals surface area contributed by atoms with E-state index in [2.05, 4.69) is 20.4 Å². The lowest BCUT2D eigenvalue weighted by molar-refractivity contribution is 0.416. The van der Waals surface area contributed by atoms with E-state index in [1.54, 1.807) is 13.2 Å². The Hall–Kier alpha value is -2.86. The van der Waals surface area contributed by atoms with Crippen LogP contribution in [0, 0.1) is 0 Å². The largest absolute Gasteiger partial charge is 0.496 e. The van der Waals surface area contributed by atoms with Crippen molar-refractivity contribution < 1.29 is 9.84 Å². The summed E-state index contributed by atoms with van der Waals surface area (Å²) in [5, 5.41) is 26.0. The number of H-pyrrole nitrogens is 1. The summed E-state index contributed by atoms with van der Waals surface area (Å²) in [7, 11) is 1.61. The molecule has 114 valence electrons. The summed E-state index contributed by atoms with van der Waals surface area (Å²) in [5.74, 6) is 0.524. The molecule has 2 heterocycles. The number of aromatic amines is 1. The number of rotatable bonds is 2. The topological polar surface area (TPSA) is 83.9 Å². The average molecular weight is 327 g/mol. The Balaban J connectivity index is 2.09. The lowest BCUT2D eigenvalue weighted by Gasteiger charge is -2.11. The van der Waals surface area contributed by atoms with Crippen molar-refractivity contribution in [1.82, 2.24) is 20.4 Å². The number of halogens is 1. The molecular formula is C16H11ClN4O2. The van der Waals surface area contributed by atoms with Crippen LogP contribution in [-0.4, -0.2) is 32.6 Å². The van der Waals surface area contributed by atoms with Crippen LogP contribution in [0.3, 0.4) is 0 Å². The number of hydrogen-bond acceptors (Lipinski definition) is 5. The number of nitrogens with one attached hydrogen (secondary N) is 1. The van der Waals surface area contributed by atoms with E-state index < -0.39 is 0 Å². The van der Waals surface area contributed by atoms with Crippen LogP contribution < -0.4 is 4.74 Å². The van der Waals surface area contributed by atoms with E-state index in [-0.39, 0.29) is 5.88 Å². The van der Waals surface area contributed by atoms with Gasteiger partial charge in [0.25, 0.3) is 5.88 Å². The van der Waals surface area contributed by atoms with Crippen molar-refractivity contribution in [2.75, 3.05) is 7.11 Å². The lowest BCUT2D eigenvalue weighted by Crippen LogP contribution is -1.92. The summed E-state index contributed by atoms with van der Waals surface area (Å²) < 4.78 is 5.43. The van der Waals surface area contributed by atoms with Gasteiger partial charge in [-0.2, -0.15) is 0 Å². The average Bonchev–Trinajstić information content (AvgIpc) is 2.96. The number of fused-ring (bicyclic) bond motifs is 3. The zero-order valence-electron chi connectivity index (χ0n) is 12.0. The second kappa shape index (κ2) is 5.10. The summed E-state index contributed by atoms with van der Waals surface area (Å²) in [4.78, 5) is 0. The predicted molar refractivity (Wildman–Crippen MR) is 87.9 cm³/mol. The minimum Gasteiger partial charge on any atom is -0.496 e. The Morgan fingerprint density at radius 1 is 1.09 bits per heavy atom. The molecule has 0 spiro atoms. The Labute approximate surface area is 135 Å². The van der Waals surface area contributed by atoms with E-state index >= 15 is 0 Å². The number of methoxy groups -OCH3 is 1. The maximum absolute atomic E-state index is 9.69. The SMILES string of the molecule is COc1ccc(Cl)cc1-c1cccc2c1nnc1c(O)n[nH]c12. The molecule has 2 N–H and O–H groups in total. The highest BCUT2D eigenvalue weighted by molar-refractivity contribution is 6.31. The smallest absolute Gasteiger partial charge is 0.258 e. The molecule has 4 aromatic rings. The maximum Gasteiger partial charge on any atom is 0.258 e. The molecule has 7 heteroatoms. The highest BCUT2D eigenvalue weighted by Gasteiger charge is 2.15. The number of ether oxygens (including phenoxy) is 1. The van der Waals surface area contributed by atoms with E-state index in [0.29, 0.717) is 27.3 Å². The highest BCUT2D eigenvalue weighted by Crippen LogP contribution is 2.37. The molecule has 0 unspecified atom stereocenters. The number of benzene rings is 2. The summed E-state index contributed by atoms with van der Waals surface area (Å²) in [6.45, 7) is 0. The number of nitrogens with zero attached hydrogens (tertiary/aromatic N) is 3. The predicted octanol–water partition coefficient (Wildman–Crippen LogP) is 3.54. The van der Waals surface area contributed by atoms with Gasteiger partial charge in [0.15, 0.2) is 5.52 Å². The second-order valence-electron chi connectivity index (χ2n) is 5.02. The van der Waals surface area contributed by atoms with E-state index in [9.17, 15) is 5.11 Å². The quantitative estimate of drug-likeness (QED) is 0.588.